The van der Waals surface area contributed by atoms with Crippen LogP contribution in [0.3, 0.4) is 0 Å². The molecule has 46 heteroatoms. The molecule has 0 amide bonds. The minimum atomic E-state index is -6.41. The molecule has 0 aromatic rings. The first-order valence-electron chi connectivity index (χ1n) is 12.0. The summed E-state index contributed by atoms with van der Waals surface area (Å²) in [4.78, 5) is 0. The van der Waals surface area contributed by atoms with E-state index in [4.69, 9.17) is 14.2 Å². The first-order chi connectivity index (χ1) is 23.1. The van der Waals surface area contributed by atoms with Crippen molar-refractivity contribution in [3.8, 4) is 0 Å². The first kappa shape index (κ1) is 76.4. The van der Waals surface area contributed by atoms with Gasteiger partial charge in [-0.1, -0.05) is 0 Å². The topological polar surface area (TPSA) is 502 Å². The number of methoxy groups -OCH3 is 1. The van der Waals surface area contributed by atoms with Gasteiger partial charge in [0.25, 0.3) is 0 Å². The zero-order chi connectivity index (χ0) is 40.5. The van der Waals surface area contributed by atoms with Gasteiger partial charge in [-0.2, -0.15) is 0 Å². The summed E-state index contributed by atoms with van der Waals surface area (Å²) in [6, 6.07) is 0. The van der Waals surface area contributed by atoms with E-state index in [1.54, 1.807) is 0 Å². The molecular formula is C13H17Na7O32S7. The van der Waals surface area contributed by atoms with E-state index in [2.05, 4.69) is 34.0 Å². The third-order valence-corrected chi connectivity index (χ3v) is 8.74. The van der Waals surface area contributed by atoms with E-state index >= 15 is 0 Å². The Morgan fingerprint density at radius 1 is 0.373 bits per heavy atom. The smallest absolute Gasteiger partial charge is 0.726 e. The molecule has 2 rings (SSSR count). The summed E-state index contributed by atoms with van der Waals surface area (Å²) in [5, 5.41) is 0. The fraction of sp³-hybridized carbons (Fsp3) is 1.00. The van der Waals surface area contributed by atoms with Crippen LogP contribution in [0.25, 0.3) is 0 Å². The molecule has 2 heterocycles. The molecular weight excluding hydrogens is 1050 g/mol. The van der Waals surface area contributed by atoms with Gasteiger partial charge < -0.3 is 50.8 Å². The van der Waals surface area contributed by atoms with Crippen molar-refractivity contribution < 1.29 is 346 Å². The molecule has 2 fully saturated rings. The molecule has 2 saturated heterocycles. The fourth-order valence-electron chi connectivity index (χ4n) is 4.17. The normalized spacial score (nSPS) is 27.9. The van der Waals surface area contributed by atoms with Crippen LogP contribution in [-0.2, 0) is 121 Å². The second-order valence-corrected chi connectivity index (χ2v) is 16.3. The summed E-state index contributed by atoms with van der Waals surface area (Å²) in [5.74, 6) is 0. The predicted octanol–water partition coefficient (Wildman–Crippen LogP) is -29.3. The molecule has 32 nitrogen and oxygen atoms in total. The fourth-order valence-corrected chi connectivity index (χ4v) is 7.20. The Morgan fingerprint density at radius 2 is 0.627 bits per heavy atom. The Bertz CT molecular complexity index is 2050. The van der Waals surface area contributed by atoms with Gasteiger partial charge in [0.1, 0.15) is 36.6 Å². The van der Waals surface area contributed by atoms with Gasteiger partial charge in [0.15, 0.2) is 24.8 Å². The summed E-state index contributed by atoms with van der Waals surface area (Å²) in [7, 11) is -42.7. The van der Waals surface area contributed by atoms with Gasteiger partial charge >= 0.3 is 207 Å². The van der Waals surface area contributed by atoms with Gasteiger partial charge in [-0.05, 0) is 0 Å². The molecule has 0 unspecified atom stereocenters. The van der Waals surface area contributed by atoms with Crippen molar-refractivity contribution in [2.75, 3.05) is 20.3 Å². The van der Waals surface area contributed by atoms with Gasteiger partial charge in [-0.25, -0.2) is 58.9 Å². The van der Waals surface area contributed by atoms with Crippen molar-refractivity contribution in [3.05, 3.63) is 0 Å². The number of rotatable bonds is 19. The van der Waals surface area contributed by atoms with E-state index < -0.39 is 147 Å². The minimum Gasteiger partial charge on any atom is -0.726 e. The van der Waals surface area contributed by atoms with Crippen molar-refractivity contribution in [2.45, 2.75) is 61.4 Å². The monoisotopic (exact) mass is 1070 g/mol. The minimum absolute atomic E-state index is 0. The van der Waals surface area contributed by atoms with E-state index in [0.29, 0.717) is 7.11 Å². The second kappa shape index (κ2) is 30.6. The van der Waals surface area contributed by atoms with Crippen LogP contribution >= 0.6 is 0 Å². The van der Waals surface area contributed by atoms with Crippen LogP contribution in [0.15, 0.2) is 0 Å². The van der Waals surface area contributed by atoms with Crippen molar-refractivity contribution in [1.29, 1.82) is 0 Å². The first-order valence-corrected chi connectivity index (χ1v) is 21.3. The van der Waals surface area contributed by atoms with Crippen LogP contribution in [0.5, 0.6) is 0 Å². The predicted molar refractivity (Wildman–Crippen MR) is 133 cm³/mol. The molecule has 0 spiro atoms. The van der Waals surface area contributed by atoms with Crippen LogP contribution in [0.1, 0.15) is 0 Å². The van der Waals surface area contributed by atoms with Crippen molar-refractivity contribution in [2.24, 2.45) is 0 Å². The molecule has 59 heavy (non-hydrogen) atoms. The Hall–Kier alpha value is 5.93. The maximum atomic E-state index is 11.7. The molecule has 0 N–H and O–H groups in total. The summed E-state index contributed by atoms with van der Waals surface area (Å²) >= 11 is 0. The Kier molecular flexibility index (Phi) is 39.7. The standard InChI is InChI=1S/C13H24O32S7.7Na/c1-35-12-10(44-51(29,30)31)8(42-49(23,24)25)6(4(38-12)2-36-46(14,15)16)40-13-11(45-52(32,33)34)9(43-50(26,27)28)7(41-48(20,21)22)5(39-13)3-37-47(17,18)19;;;;;;;/h4-13H,2-3H2,1H3,(H,14,15,16)(H,17,18,19)(H,20,21,22)(H,23,24,25)(H,26,27,28)(H,29,30,31)(H,32,33,34);;;;;;;/q;7*+1/p-7/t4-,5-,6-,7-,8+,9+,10-,11-,12-,13+;;;;;;;/m1......./s1. The average molecular weight is 1070 g/mol. The molecule has 2 aliphatic heterocycles. The second-order valence-electron chi connectivity index (χ2n) is 9.15. The van der Waals surface area contributed by atoms with Crippen molar-refractivity contribution in [1.82, 2.24) is 0 Å². The average Bonchev–Trinajstić information content (AvgIpc) is 2.87. The van der Waals surface area contributed by atoms with Crippen molar-refractivity contribution in [3.63, 3.8) is 0 Å². The van der Waals surface area contributed by atoms with Gasteiger partial charge in [-0.3, -0.25) is 29.3 Å². The van der Waals surface area contributed by atoms with Crippen molar-refractivity contribution >= 4 is 72.8 Å². The van der Waals surface area contributed by atoms with E-state index in [0.717, 1.165) is 0 Å². The molecule has 0 saturated carbocycles. The molecule has 0 aromatic heterocycles. The molecule has 0 aliphatic carbocycles. The van der Waals surface area contributed by atoms with Gasteiger partial charge in [0.05, 0.1) is 13.2 Å². The third kappa shape index (κ3) is 31.0. The summed E-state index contributed by atoms with van der Waals surface area (Å²) in [5.41, 5.74) is 0. The Morgan fingerprint density at radius 3 is 0.932 bits per heavy atom. The summed E-state index contributed by atoms with van der Waals surface area (Å²) in [6.07, 6.45) is -30.5. The number of hydrogen-bond acceptors (Lipinski definition) is 32. The van der Waals surface area contributed by atoms with E-state index in [9.17, 15) is 90.8 Å². The van der Waals surface area contributed by atoms with Gasteiger partial charge in [0.2, 0.25) is 72.8 Å². The quantitative estimate of drug-likeness (QED) is 0.0658. The maximum Gasteiger partial charge on any atom is 1.00 e. The molecule has 0 bridgehead atoms. The van der Waals surface area contributed by atoms with Crippen LogP contribution < -0.4 is 207 Å². The maximum absolute atomic E-state index is 11.7. The van der Waals surface area contributed by atoms with Gasteiger partial charge in [0, 0.05) is 7.11 Å². The molecule has 10 atom stereocenters. The summed E-state index contributed by atoms with van der Waals surface area (Å²) in [6.45, 7) is -3.77. The zero-order valence-corrected chi connectivity index (χ0v) is 50.8. The van der Waals surface area contributed by atoms with Gasteiger partial charge in [-0.15, -0.1) is 0 Å². The number of hydrogen-bond donors (Lipinski definition) is 0. The molecule has 310 valence electrons. The molecule has 2 aliphatic rings. The van der Waals surface area contributed by atoms with Crippen LogP contribution in [0.4, 0.5) is 0 Å². The SMILES string of the molecule is CO[C@@H]1O[C@H](COS(=O)(=O)[O-])[C@@H](O[C@@H]2O[C@H](COS(=O)(=O)[O-])[C@@H](OS(=O)(=O)[O-])[C@H](OS(=O)(=O)[O-])[C@H]2OS(=O)(=O)[O-])[C@H](OS(=O)(=O)[O-])[C@H]1OS(=O)(=O)[O-].[Na+].[Na+].[Na+].[Na+].[Na+].[Na+].[Na+]. The van der Waals surface area contributed by atoms with Crippen LogP contribution in [0.2, 0.25) is 0 Å². The molecule has 0 radical (unpaired) electrons. The van der Waals surface area contributed by atoms with E-state index in [-0.39, 0.29) is 207 Å². The largest absolute Gasteiger partial charge is 1.00 e. The van der Waals surface area contributed by atoms with Crippen LogP contribution in [-0.4, -0.2) is 173 Å². The van der Waals surface area contributed by atoms with E-state index in [1.807, 2.05) is 0 Å². The Balaban J connectivity index is -0.00000100. The molecule has 0 aromatic carbocycles. The number of ether oxygens (including phenoxy) is 4. The van der Waals surface area contributed by atoms with E-state index in [1.165, 1.54) is 0 Å². The summed E-state index contributed by atoms with van der Waals surface area (Å²) < 4.78 is 287. The van der Waals surface area contributed by atoms with Crippen LogP contribution in [0, 0.1) is 0 Å². The third-order valence-electron chi connectivity index (χ3n) is 5.60. The Labute approximate surface area is 491 Å². The zero-order valence-electron chi connectivity index (χ0n) is 31.1.